The van der Waals surface area contributed by atoms with Crippen molar-refractivity contribution in [2.24, 2.45) is 13.0 Å². The van der Waals surface area contributed by atoms with Gasteiger partial charge in [-0.1, -0.05) is 6.92 Å². The van der Waals surface area contributed by atoms with Gasteiger partial charge in [-0.05, 0) is 25.2 Å². The Hall–Kier alpha value is -0.900. The maximum absolute atomic E-state index is 4.24. The monoisotopic (exact) mass is 194 g/mol. The van der Waals surface area contributed by atoms with E-state index in [1.807, 2.05) is 7.05 Å². The maximum Gasteiger partial charge on any atom is 0.164 e. The van der Waals surface area contributed by atoms with Crippen molar-refractivity contribution >= 4 is 0 Å². The first-order chi connectivity index (χ1) is 6.79. The van der Waals surface area contributed by atoms with E-state index in [1.165, 1.54) is 19.3 Å². The third-order valence-electron chi connectivity index (χ3n) is 2.80. The van der Waals surface area contributed by atoms with Crippen LogP contribution in [0.5, 0.6) is 0 Å². The molecule has 0 aromatic carbocycles. The lowest BCUT2D eigenvalue weighted by molar-refractivity contribution is 0.442. The van der Waals surface area contributed by atoms with Crippen LogP contribution in [-0.2, 0) is 13.6 Å². The van der Waals surface area contributed by atoms with Crippen LogP contribution in [0.25, 0.3) is 0 Å². The van der Waals surface area contributed by atoms with E-state index in [0.717, 1.165) is 18.3 Å². The van der Waals surface area contributed by atoms with Crippen LogP contribution in [0.2, 0.25) is 0 Å². The highest BCUT2D eigenvalue weighted by Crippen LogP contribution is 2.33. The molecule has 1 aromatic heterocycles. The molecule has 1 saturated carbocycles. The minimum absolute atomic E-state index is 0.666. The van der Waals surface area contributed by atoms with Crippen molar-refractivity contribution in [3.63, 3.8) is 0 Å². The van der Waals surface area contributed by atoms with Crippen molar-refractivity contribution < 1.29 is 0 Å². The van der Waals surface area contributed by atoms with Crippen molar-refractivity contribution in [3.05, 3.63) is 12.2 Å². The molecule has 1 aromatic rings. The van der Waals surface area contributed by atoms with E-state index >= 15 is 0 Å². The fourth-order valence-corrected chi connectivity index (χ4v) is 1.83. The van der Waals surface area contributed by atoms with Gasteiger partial charge in [-0.15, -0.1) is 0 Å². The highest BCUT2D eigenvalue weighted by atomic mass is 15.3. The van der Waals surface area contributed by atoms with E-state index in [2.05, 4.69) is 22.3 Å². The summed E-state index contributed by atoms with van der Waals surface area (Å²) in [5, 5.41) is 7.76. The Labute approximate surface area is 84.7 Å². The van der Waals surface area contributed by atoms with Crippen LogP contribution in [0.3, 0.4) is 0 Å². The molecule has 1 fully saturated rings. The van der Waals surface area contributed by atoms with Crippen LogP contribution in [0, 0.1) is 5.92 Å². The van der Waals surface area contributed by atoms with E-state index < -0.39 is 0 Å². The Balaban J connectivity index is 1.80. The summed E-state index contributed by atoms with van der Waals surface area (Å²) in [5.74, 6) is 1.80. The summed E-state index contributed by atoms with van der Waals surface area (Å²) in [6.45, 7) is 3.04. The van der Waals surface area contributed by atoms with Gasteiger partial charge in [-0.2, -0.15) is 5.10 Å². The van der Waals surface area contributed by atoms with Gasteiger partial charge in [0.05, 0.1) is 6.54 Å². The van der Waals surface area contributed by atoms with Crippen LogP contribution in [0.4, 0.5) is 0 Å². The summed E-state index contributed by atoms with van der Waals surface area (Å²) in [7, 11) is 1.90. The molecular formula is C10H18N4. The second-order valence-electron chi connectivity index (χ2n) is 4.07. The smallest absolute Gasteiger partial charge is 0.164 e. The Bertz CT molecular complexity index is 290. The Morgan fingerprint density at radius 3 is 2.93 bits per heavy atom. The molecular weight excluding hydrogens is 176 g/mol. The summed E-state index contributed by atoms with van der Waals surface area (Å²) < 4.78 is 1.75. The number of hydrogen-bond donors (Lipinski definition) is 1. The molecule has 0 bridgehead atoms. The average molecular weight is 194 g/mol. The van der Waals surface area contributed by atoms with Gasteiger partial charge in [-0.3, -0.25) is 4.68 Å². The lowest BCUT2D eigenvalue weighted by Gasteiger charge is -2.14. The Kier molecular flexibility index (Phi) is 2.82. The molecule has 4 heteroatoms. The largest absolute Gasteiger partial charge is 0.307 e. The first-order valence-electron chi connectivity index (χ1n) is 5.37. The van der Waals surface area contributed by atoms with E-state index in [1.54, 1.807) is 11.0 Å². The normalized spacial score (nSPS) is 18.4. The summed E-state index contributed by atoms with van der Waals surface area (Å²) >= 11 is 0. The number of hydrogen-bond acceptors (Lipinski definition) is 3. The van der Waals surface area contributed by atoms with Crippen molar-refractivity contribution in [2.45, 2.75) is 38.8 Å². The molecule has 1 aliphatic rings. The van der Waals surface area contributed by atoms with E-state index in [4.69, 9.17) is 0 Å². The first-order valence-corrected chi connectivity index (χ1v) is 5.37. The van der Waals surface area contributed by atoms with E-state index in [-0.39, 0.29) is 0 Å². The fraction of sp³-hybridized carbons (Fsp3) is 0.800. The average Bonchev–Trinajstić information content (AvgIpc) is 2.92. The number of nitrogens with one attached hydrogen (secondary N) is 1. The summed E-state index contributed by atoms with van der Waals surface area (Å²) in [6, 6.07) is 0.666. The minimum atomic E-state index is 0.666. The second kappa shape index (κ2) is 4.09. The van der Waals surface area contributed by atoms with Crippen LogP contribution < -0.4 is 5.32 Å². The van der Waals surface area contributed by atoms with Gasteiger partial charge >= 0.3 is 0 Å². The Morgan fingerprint density at radius 1 is 1.64 bits per heavy atom. The zero-order chi connectivity index (χ0) is 9.97. The molecule has 0 spiro atoms. The minimum Gasteiger partial charge on any atom is -0.307 e. The molecule has 1 unspecified atom stereocenters. The van der Waals surface area contributed by atoms with Gasteiger partial charge < -0.3 is 5.32 Å². The molecule has 78 valence electrons. The number of aryl methyl sites for hydroxylation is 1. The second-order valence-corrected chi connectivity index (χ2v) is 4.07. The summed E-state index contributed by atoms with van der Waals surface area (Å²) in [5.41, 5.74) is 0. The number of nitrogens with zero attached hydrogens (tertiary/aromatic N) is 3. The van der Waals surface area contributed by atoms with Gasteiger partial charge in [0.2, 0.25) is 0 Å². The predicted octanol–water partition coefficient (Wildman–Crippen LogP) is 1.09. The summed E-state index contributed by atoms with van der Waals surface area (Å²) in [4.78, 5) is 4.19. The molecule has 1 N–H and O–H groups in total. The molecule has 4 nitrogen and oxygen atoms in total. The first kappa shape index (κ1) is 9.65. The van der Waals surface area contributed by atoms with Crippen molar-refractivity contribution in [1.29, 1.82) is 0 Å². The van der Waals surface area contributed by atoms with Gasteiger partial charge in [0.15, 0.2) is 5.82 Å². The lowest BCUT2D eigenvalue weighted by Crippen LogP contribution is -2.30. The van der Waals surface area contributed by atoms with Crippen LogP contribution in [0.15, 0.2) is 6.33 Å². The maximum atomic E-state index is 4.24. The van der Waals surface area contributed by atoms with Crippen LogP contribution >= 0.6 is 0 Å². The third-order valence-corrected chi connectivity index (χ3v) is 2.80. The standard InChI is InChI=1S/C10H18N4/c1-3-9(8-4-5-8)11-6-10-12-7-14(2)13-10/h7-9,11H,3-6H2,1-2H3. The van der Waals surface area contributed by atoms with E-state index in [9.17, 15) is 0 Å². The van der Waals surface area contributed by atoms with E-state index in [0.29, 0.717) is 6.04 Å². The molecule has 2 rings (SSSR count). The van der Waals surface area contributed by atoms with Crippen molar-refractivity contribution in [1.82, 2.24) is 20.1 Å². The molecule has 1 heterocycles. The molecule has 14 heavy (non-hydrogen) atoms. The number of rotatable bonds is 5. The predicted molar refractivity (Wildman–Crippen MR) is 54.6 cm³/mol. The molecule has 1 aliphatic carbocycles. The van der Waals surface area contributed by atoms with Gasteiger partial charge in [-0.25, -0.2) is 4.98 Å². The SMILES string of the molecule is CCC(NCc1ncn(C)n1)C1CC1. The zero-order valence-corrected chi connectivity index (χ0v) is 8.90. The Morgan fingerprint density at radius 2 is 2.43 bits per heavy atom. The summed E-state index contributed by atoms with van der Waals surface area (Å²) in [6.07, 6.45) is 5.73. The number of aromatic nitrogens is 3. The molecule has 0 radical (unpaired) electrons. The van der Waals surface area contributed by atoms with Crippen LogP contribution in [0.1, 0.15) is 32.0 Å². The lowest BCUT2D eigenvalue weighted by atomic mass is 10.1. The molecule has 0 saturated heterocycles. The third kappa shape index (κ3) is 2.32. The van der Waals surface area contributed by atoms with Crippen LogP contribution in [-0.4, -0.2) is 20.8 Å². The van der Waals surface area contributed by atoms with Crippen molar-refractivity contribution in [2.75, 3.05) is 0 Å². The fourth-order valence-electron chi connectivity index (χ4n) is 1.83. The zero-order valence-electron chi connectivity index (χ0n) is 8.90. The van der Waals surface area contributed by atoms with Gasteiger partial charge in [0, 0.05) is 13.1 Å². The highest BCUT2D eigenvalue weighted by molar-refractivity contribution is 4.88. The molecule has 0 amide bonds. The molecule has 1 atom stereocenters. The highest BCUT2D eigenvalue weighted by Gasteiger charge is 2.29. The quantitative estimate of drug-likeness (QED) is 0.763. The topological polar surface area (TPSA) is 42.7 Å². The molecule has 0 aliphatic heterocycles. The van der Waals surface area contributed by atoms with Crippen molar-refractivity contribution in [3.8, 4) is 0 Å². The van der Waals surface area contributed by atoms with Gasteiger partial charge in [0.1, 0.15) is 6.33 Å². The van der Waals surface area contributed by atoms with Gasteiger partial charge in [0.25, 0.3) is 0 Å².